The van der Waals surface area contributed by atoms with E-state index in [-0.39, 0.29) is 11.8 Å². The van der Waals surface area contributed by atoms with Gasteiger partial charge in [-0.05, 0) is 35.9 Å². The summed E-state index contributed by atoms with van der Waals surface area (Å²) in [4.78, 5) is 0. The third-order valence-corrected chi connectivity index (χ3v) is 4.36. The molecule has 0 aromatic heterocycles. The number of hydrogen-bond donors (Lipinski definition) is 2. The molecule has 0 spiro atoms. The molecule has 122 valence electrons. The Morgan fingerprint density at radius 1 is 0.957 bits per heavy atom. The highest BCUT2D eigenvalue weighted by Gasteiger charge is 2.27. The van der Waals surface area contributed by atoms with Gasteiger partial charge in [-0.15, -0.1) is 0 Å². The van der Waals surface area contributed by atoms with E-state index in [9.17, 15) is 5.11 Å². The van der Waals surface area contributed by atoms with Crippen molar-refractivity contribution in [1.82, 2.24) is 0 Å². The van der Waals surface area contributed by atoms with Crippen molar-refractivity contribution in [2.24, 2.45) is 0 Å². The molecular formula is C18H22NO4+. The van der Waals surface area contributed by atoms with Crippen molar-refractivity contribution in [2.45, 2.75) is 12.5 Å². The molecule has 1 aliphatic rings. The van der Waals surface area contributed by atoms with Gasteiger partial charge in [0.15, 0.2) is 23.0 Å². The third-order valence-electron chi connectivity index (χ3n) is 4.36. The first-order valence-corrected chi connectivity index (χ1v) is 7.63. The Labute approximate surface area is 135 Å². The van der Waals surface area contributed by atoms with Crippen molar-refractivity contribution in [3.05, 3.63) is 47.0 Å². The summed E-state index contributed by atoms with van der Waals surface area (Å²) in [5, 5.41) is 12.1. The Kier molecular flexibility index (Phi) is 4.30. The number of aromatic hydroxyl groups is 1. The van der Waals surface area contributed by atoms with E-state index in [1.807, 2.05) is 18.2 Å². The van der Waals surface area contributed by atoms with Crippen molar-refractivity contribution < 1.29 is 24.6 Å². The molecule has 0 bridgehead atoms. The highest BCUT2D eigenvalue weighted by molar-refractivity contribution is 5.52. The minimum absolute atomic E-state index is 0.146. The van der Waals surface area contributed by atoms with Crippen LogP contribution in [0.2, 0.25) is 0 Å². The molecule has 0 aliphatic carbocycles. The van der Waals surface area contributed by atoms with Gasteiger partial charge in [0.2, 0.25) is 0 Å². The molecule has 0 unspecified atom stereocenters. The molecule has 5 heteroatoms. The molecule has 0 amide bonds. The SMILES string of the molecule is COc1cc([C@H]2[NH2+]CCc3cc(OC)c(OC)cc32)ccc1O. The standard InChI is InChI=1S/C18H21NO4/c1-21-15-9-12(4-5-14(15)20)18-13-10-17(23-3)16(22-2)8-11(13)6-7-19-18/h4-5,8-10,18-20H,6-7H2,1-3H3/p+1/t18-/m1/s1. The Morgan fingerprint density at radius 2 is 1.65 bits per heavy atom. The maximum absolute atomic E-state index is 9.81. The first kappa shape index (κ1) is 15.5. The Balaban J connectivity index is 2.07. The molecule has 0 saturated heterocycles. The van der Waals surface area contributed by atoms with Gasteiger partial charge < -0.3 is 24.6 Å². The Bertz CT molecular complexity index is 714. The molecule has 1 atom stereocenters. The topological polar surface area (TPSA) is 64.5 Å². The highest BCUT2D eigenvalue weighted by Crippen LogP contribution is 2.37. The molecule has 3 N–H and O–H groups in total. The van der Waals surface area contributed by atoms with Crippen molar-refractivity contribution in [3.63, 3.8) is 0 Å². The smallest absolute Gasteiger partial charge is 0.161 e. The summed E-state index contributed by atoms with van der Waals surface area (Å²) in [5.41, 5.74) is 3.57. The number of methoxy groups -OCH3 is 3. The average Bonchev–Trinajstić information content (AvgIpc) is 2.60. The maximum atomic E-state index is 9.81. The normalized spacial score (nSPS) is 16.6. The fourth-order valence-electron chi connectivity index (χ4n) is 3.18. The molecule has 3 rings (SSSR count). The van der Waals surface area contributed by atoms with Crippen LogP contribution in [0.15, 0.2) is 30.3 Å². The zero-order chi connectivity index (χ0) is 16.4. The second-order valence-electron chi connectivity index (χ2n) is 5.59. The lowest BCUT2D eigenvalue weighted by Crippen LogP contribution is -2.87. The van der Waals surface area contributed by atoms with Gasteiger partial charge in [0.1, 0.15) is 6.04 Å². The lowest BCUT2D eigenvalue weighted by atomic mass is 9.89. The van der Waals surface area contributed by atoms with Gasteiger partial charge in [-0.3, -0.25) is 0 Å². The predicted octanol–water partition coefficient (Wildman–Crippen LogP) is 1.63. The monoisotopic (exact) mass is 316 g/mol. The molecule has 23 heavy (non-hydrogen) atoms. The van der Waals surface area contributed by atoms with Crippen LogP contribution in [0.3, 0.4) is 0 Å². The quantitative estimate of drug-likeness (QED) is 0.900. The van der Waals surface area contributed by atoms with Gasteiger partial charge in [-0.1, -0.05) is 0 Å². The van der Waals surface area contributed by atoms with Crippen LogP contribution in [0, 0.1) is 0 Å². The zero-order valence-electron chi connectivity index (χ0n) is 13.6. The number of nitrogens with two attached hydrogens (primary N) is 1. The van der Waals surface area contributed by atoms with Crippen molar-refractivity contribution in [1.29, 1.82) is 0 Å². The van der Waals surface area contributed by atoms with Crippen LogP contribution < -0.4 is 19.5 Å². The first-order chi connectivity index (χ1) is 11.2. The van der Waals surface area contributed by atoms with Gasteiger partial charge in [0.05, 0.1) is 27.9 Å². The molecule has 1 heterocycles. The summed E-state index contributed by atoms with van der Waals surface area (Å²) in [7, 11) is 4.86. The predicted molar refractivity (Wildman–Crippen MR) is 86.5 cm³/mol. The number of quaternary nitrogens is 1. The van der Waals surface area contributed by atoms with E-state index in [1.165, 1.54) is 11.1 Å². The lowest BCUT2D eigenvalue weighted by molar-refractivity contribution is -0.690. The van der Waals surface area contributed by atoms with Gasteiger partial charge in [-0.2, -0.15) is 0 Å². The van der Waals surface area contributed by atoms with Gasteiger partial charge in [-0.25, -0.2) is 0 Å². The minimum Gasteiger partial charge on any atom is -0.504 e. The molecule has 5 nitrogen and oxygen atoms in total. The van der Waals surface area contributed by atoms with Crippen molar-refractivity contribution in [2.75, 3.05) is 27.9 Å². The molecule has 1 aliphatic heterocycles. The summed E-state index contributed by atoms with van der Waals surface area (Å²) in [6, 6.07) is 9.76. The molecule has 0 radical (unpaired) electrons. The van der Waals surface area contributed by atoms with Crippen LogP contribution in [0.1, 0.15) is 22.7 Å². The van der Waals surface area contributed by atoms with E-state index in [0.29, 0.717) is 5.75 Å². The van der Waals surface area contributed by atoms with Crippen LogP contribution >= 0.6 is 0 Å². The fourth-order valence-corrected chi connectivity index (χ4v) is 3.18. The number of hydrogen-bond acceptors (Lipinski definition) is 4. The van der Waals surface area contributed by atoms with Gasteiger partial charge in [0.25, 0.3) is 0 Å². The van der Waals surface area contributed by atoms with E-state index in [4.69, 9.17) is 14.2 Å². The number of phenolic OH excluding ortho intramolecular Hbond substituents is 1. The molecule has 0 saturated carbocycles. The average molecular weight is 316 g/mol. The first-order valence-electron chi connectivity index (χ1n) is 7.63. The number of phenols is 1. The molecule has 2 aromatic rings. The van der Waals surface area contributed by atoms with Crippen LogP contribution in [-0.2, 0) is 6.42 Å². The minimum atomic E-state index is 0.146. The lowest BCUT2D eigenvalue weighted by Gasteiger charge is -2.26. The van der Waals surface area contributed by atoms with E-state index < -0.39 is 0 Å². The van der Waals surface area contributed by atoms with Gasteiger partial charge in [0, 0.05) is 17.5 Å². The largest absolute Gasteiger partial charge is 0.504 e. The Morgan fingerprint density at radius 3 is 2.35 bits per heavy atom. The maximum Gasteiger partial charge on any atom is 0.161 e. The van der Waals surface area contributed by atoms with Crippen molar-refractivity contribution in [3.8, 4) is 23.0 Å². The second-order valence-corrected chi connectivity index (χ2v) is 5.59. The third kappa shape index (κ3) is 2.80. The molecule has 0 fully saturated rings. The van der Waals surface area contributed by atoms with Crippen LogP contribution in [0.4, 0.5) is 0 Å². The summed E-state index contributed by atoms with van der Waals surface area (Å²) in [5.74, 6) is 2.13. The fraction of sp³-hybridized carbons (Fsp3) is 0.333. The Hall–Kier alpha value is -2.40. The van der Waals surface area contributed by atoms with Crippen LogP contribution in [-0.4, -0.2) is 33.0 Å². The van der Waals surface area contributed by atoms with E-state index in [1.54, 1.807) is 27.4 Å². The van der Waals surface area contributed by atoms with E-state index in [0.717, 1.165) is 30.0 Å². The number of benzene rings is 2. The van der Waals surface area contributed by atoms with Crippen molar-refractivity contribution >= 4 is 0 Å². The number of ether oxygens (including phenoxy) is 3. The summed E-state index contributed by atoms with van der Waals surface area (Å²) in [6.45, 7) is 0.996. The van der Waals surface area contributed by atoms with Crippen LogP contribution in [0.25, 0.3) is 0 Å². The second kappa shape index (κ2) is 6.38. The summed E-state index contributed by atoms with van der Waals surface area (Å²) in [6.07, 6.45) is 0.988. The molecule has 2 aromatic carbocycles. The van der Waals surface area contributed by atoms with Crippen LogP contribution in [0.5, 0.6) is 23.0 Å². The van der Waals surface area contributed by atoms with E-state index in [2.05, 4.69) is 11.4 Å². The highest BCUT2D eigenvalue weighted by atomic mass is 16.5. The van der Waals surface area contributed by atoms with Gasteiger partial charge >= 0.3 is 0 Å². The summed E-state index contributed by atoms with van der Waals surface area (Å²) < 4.78 is 16.1. The zero-order valence-corrected chi connectivity index (χ0v) is 13.6. The van der Waals surface area contributed by atoms with E-state index >= 15 is 0 Å². The number of rotatable bonds is 4. The molecular weight excluding hydrogens is 294 g/mol. The summed E-state index contributed by atoms with van der Waals surface area (Å²) >= 11 is 0. The number of fused-ring (bicyclic) bond motifs is 1.